The zero-order valence-electron chi connectivity index (χ0n) is 8.61. The number of hydrogen-bond acceptors (Lipinski definition) is 2. The Morgan fingerprint density at radius 2 is 2.06 bits per heavy atom. The highest BCUT2D eigenvalue weighted by molar-refractivity contribution is 5.78. The van der Waals surface area contributed by atoms with Crippen LogP contribution in [0.2, 0.25) is 0 Å². The molecule has 0 saturated heterocycles. The fourth-order valence-electron chi connectivity index (χ4n) is 1.98. The van der Waals surface area contributed by atoms with E-state index in [0.717, 1.165) is 12.1 Å². The van der Waals surface area contributed by atoms with Gasteiger partial charge in [-0.2, -0.15) is 0 Å². The number of alkyl halides is 1. The normalized spacial score (nSPS) is 22.9. The van der Waals surface area contributed by atoms with E-state index < -0.39 is 29.3 Å². The topological polar surface area (TPSA) is 54.9 Å². The lowest BCUT2D eigenvalue weighted by Gasteiger charge is -2.07. The second-order valence-electron chi connectivity index (χ2n) is 4.11. The molecule has 0 bridgehead atoms. The first kappa shape index (κ1) is 10.2. The van der Waals surface area contributed by atoms with Gasteiger partial charge in [-0.15, -0.1) is 0 Å². The molecule has 0 amide bonds. The maximum Gasteiger partial charge on any atom is 0.329 e. The van der Waals surface area contributed by atoms with Gasteiger partial charge in [0.25, 0.3) is 5.56 Å². The Bertz CT molecular complexity index is 719. The summed E-state index contributed by atoms with van der Waals surface area (Å²) in [6.07, 6.45) is -0.829. The summed E-state index contributed by atoms with van der Waals surface area (Å²) in [6.45, 7) is 0. The van der Waals surface area contributed by atoms with Crippen molar-refractivity contribution in [3.63, 3.8) is 0 Å². The average Bonchev–Trinajstić information content (AvgIpc) is 2.96. The lowest BCUT2D eigenvalue weighted by Crippen LogP contribution is -2.30. The SMILES string of the molecule is O=c1[nH]c(=O)n(C2CC2F)c2ccc(F)cc12. The number of aromatic amines is 1. The first-order valence-electron chi connectivity index (χ1n) is 5.16. The van der Waals surface area contributed by atoms with Gasteiger partial charge in [0.05, 0.1) is 16.9 Å². The van der Waals surface area contributed by atoms with Crippen LogP contribution in [0.3, 0.4) is 0 Å². The average molecular weight is 238 g/mol. The molecule has 1 aliphatic rings. The number of benzene rings is 1. The zero-order chi connectivity index (χ0) is 12.2. The molecule has 1 saturated carbocycles. The van der Waals surface area contributed by atoms with Crippen LogP contribution in [0.15, 0.2) is 27.8 Å². The van der Waals surface area contributed by atoms with E-state index >= 15 is 0 Å². The predicted molar refractivity (Wildman–Crippen MR) is 57.3 cm³/mol. The molecule has 1 fully saturated rings. The Kier molecular flexibility index (Phi) is 1.95. The lowest BCUT2D eigenvalue weighted by atomic mass is 10.2. The summed E-state index contributed by atoms with van der Waals surface area (Å²) in [6, 6.07) is 2.96. The van der Waals surface area contributed by atoms with Gasteiger partial charge in [-0.05, 0) is 18.2 Å². The first-order chi connectivity index (χ1) is 8.08. The molecule has 0 radical (unpaired) electrons. The highest BCUT2D eigenvalue weighted by atomic mass is 19.1. The second kappa shape index (κ2) is 3.26. The molecule has 0 spiro atoms. The molecule has 0 aliphatic heterocycles. The van der Waals surface area contributed by atoms with Gasteiger partial charge in [-0.1, -0.05) is 0 Å². The van der Waals surface area contributed by atoms with Gasteiger partial charge in [-0.25, -0.2) is 13.6 Å². The third kappa shape index (κ3) is 1.48. The van der Waals surface area contributed by atoms with Gasteiger partial charge in [0.15, 0.2) is 0 Å². The summed E-state index contributed by atoms with van der Waals surface area (Å²) in [5.74, 6) is -0.569. The third-order valence-corrected chi connectivity index (χ3v) is 2.91. The van der Waals surface area contributed by atoms with Gasteiger partial charge in [0.2, 0.25) is 0 Å². The van der Waals surface area contributed by atoms with Crippen molar-refractivity contribution < 1.29 is 8.78 Å². The highest BCUT2D eigenvalue weighted by Crippen LogP contribution is 2.38. The maximum atomic E-state index is 13.0. The van der Waals surface area contributed by atoms with E-state index in [2.05, 4.69) is 4.98 Å². The van der Waals surface area contributed by atoms with Crippen LogP contribution in [-0.2, 0) is 0 Å². The van der Waals surface area contributed by atoms with E-state index in [9.17, 15) is 18.4 Å². The van der Waals surface area contributed by atoms with Crippen molar-refractivity contribution in [2.24, 2.45) is 0 Å². The zero-order valence-corrected chi connectivity index (χ0v) is 8.61. The summed E-state index contributed by atoms with van der Waals surface area (Å²) in [4.78, 5) is 25.2. The smallest absolute Gasteiger partial charge is 0.287 e. The van der Waals surface area contributed by atoms with Crippen LogP contribution < -0.4 is 11.2 Å². The Hall–Kier alpha value is -1.98. The summed E-state index contributed by atoms with van der Waals surface area (Å²) < 4.78 is 27.2. The van der Waals surface area contributed by atoms with E-state index in [4.69, 9.17) is 0 Å². The maximum absolute atomic E-state index is 13.0. The largest absolute Gasteiger partial charge is 0.329 e. The van der Waals surface area contributed by atoms with Gasteiger partial charge in [-0.3, -0.25) is 14.3 Å². The van der Waals surface area contributed by atoms with E-state index in [0.29, 0.717) is 0 Å². The quantitative estimate of drug-likeness (QED) is 0.809. The molecule has 4 nitrogen and oxygen atoms in total. The summed E-state index contributed by atoms with van der Waals surface area (Å²) >= 11 is 0. The summed E-state index contributed by atoms with van der Waals surface area (Å²) in [5.41, 5.74) is -1.04. The van der Waals surface area contributed by atoms with Gasteiger partial charge in [0, 0.05) is 6.42 Å². The van der Waals surface area contributed by atoms with E-state index in [1.165, 1.54) is 10.6 Å². The molecule has 88 valence electrons. The molecule has 1 aromatic carbocycles. The standard InChI is InChI=1S/C11H8F2N2O2/c12-5-1-2-8-6(3-5)10(16)14-11(17)15(8)9-4-7(9)13/h1-3,7,9H,4H2,(H,14,16,17). The minimum atomic E-state index is -1.08. The van der Waals surface area contributed by atoms with Crippen molar-refractivity contribution in [1.82, 2.24) is 9.55 Å². The molecule has 2 atom stereocenters. The van der Waals surface area contributed by atoms with Crippen LogP contribution >= 0.6 is 0 Å². The van der Waals surface area contributed by atoms with Crippen molar-refractivity contribution in [2.45, 2.75) is 18.6 Å². The minimum Gasteiger partial charge on any atom is -0.287 e. The highest BCUT2D eigenvalue weighted by Gasteiger charge is 2.40. The number of nitrogens with zero attached hydrogens (tertiary/aromatic N) is 1. The molecule has 1 N–H and O–H groups in total. The van der Waals surface area contributed by atoms with E-state index in [-0.39, 0.29) is 17.3 Å². The number of aromatic nitrogens is 2. The summed E-state index contributed by atoms with van der Waals surface area (Å²) in [5, 5.41) is 0.0590. The molecule has 1 aliphatic carbocycles. The van der Waals surface area contributed by atoms with Crippen molar-refractivity contribution >= 4 is 10.9 Å². The Morgan fingerprint density at radius 3 is 2.71 bits per heavy atom. The Morgan fingerprint density at radius 1 is 1.35 bits per heavy atom. The number of nitrogens with one attached hydrogen (secondary N) is 1. The van der Waals surface area contributed by atoms with Crippen LogP contribution in [0.4, 0.5) is 8.78 Å². The number of halogens is 2. The molecule has 2 unspecified atom stereocenters. The molecular formula is C11H8F2N2O2. The van der Waals surface area contributed by atoms with Crippen LogP contribution in [0.1, 0.15) is 12.5 Å². The fraction of sp³-hybridized carbons (Fsp3) is 0.273. The van der Waals surface area contributed by atoms with Crippen LogP contribution in [0.25, 0.3) is 10.9 Å². The monoisotopic (exact) mass is 238 g/mol. The fourth-order valence-corrected chi connectivity index (χ4v) is 1.98. The Labute approximate surface area is 93.5 Å². The van der Waals surface area contributed by atoms with Gasteiger partial charge < -0.3 is 0 Å². The molecule has 1 heterocycles. The van der Waals surface area contributed by atoms with Crippen molar-refractivity contribution in [3.05, 3.63) is 44.9 Å². The Balaban J connectivity index is 2.42. The number of H-pyrrole nitrogens is 1. The second-order valence-corrected chi connectivity index (χ2v) is 4.11. The van der Waals surface area contributed by atoms with E-state index in [1.54, 1.807) is 0 Å². The third-order valence-electron chi connectivity index (χ3n) is 2.91. The van der Waals surface area contributed by atoms with Crippen molar-refractivity contribution in [2.75, 3.05) is 0 Å². The number of rotatable bonds is 1. The predicted octanol–water partition coefficient (Wildman–Crippen LogP) is 1.11. The van der Waals surface area contributed by atoms with Gasteiger partial charge in [0.1, 0.15) is 12.0 Å². The molecule has 3 rings (SSSR count). The summed E-state index contributed by atoms with van der Waals surface area (Å²) in [7, 11) is 0. The van der Waals surface area contributed by atoms with Crippen LogP contribution in [-0.4, -0.2) is 15.7 Å². The molecule has 2 aromatic rings. The first-order valence-corrected chi connectivity index (χ1v) is 5.16. The number of fused-ring (bicyclic) bond motifs is 1. The number of hydrogen-bond donors (Lipinski definition) is 1. The van der Waals surface area contributed by atoms with Gasteiger partial charge >= 0.3 is 5.69 Å². The molecule has 1 aromatic heterocycles. The van der Waals surface area contributed by atoms with Crippen LogP contribution in [0, 0.1) is 5.82 Å². The van der Waals surface area contributed by atoms with Crippen molar-refractivity contribution in [1.29, 1.82) is 0 Å². The molecule has 17 heavy (non-hydrogen) atoms. The molecular weight excluding hydrogens is 230 g/mol. The van der Waals surface area contributed by atoms with E-state index in [1.807, 2.05) is 0 Å². The lowest BCUT2D eigenvalue weighted by molar-refractivity contribution is 0.440. The van der Waals surface area contributed by atoms with Crippen LogP contribution in [0.5, 0.6) is 0 Å². The van der Waals surface area contributed by atoms with Crippen molar-refractivity contribution in [3.8, 4) is 0 Å². The molecule has 6 heteroatoms. The minimum absolute atomic E-state index is 0.0590.